The van der Waals surface area contributed by atoms with Gasteiger partial charge in [0.2, 0.25) is 10.6 Å². The van der Waals surface area contributed by atoms with Crippen LogP contribution in [0.4, 0.5) is 20.4 Å². The first-order valence-corrected chi connectivity index (χ1v) is 23.1. The Hall–Kier alpha value is -4.90. The Morgan fingerprint density at radius 3 is 1.90 bits per heavy atom. The van der Waals surface area contributed by atoms with E-state index in [1.54, 1.807) is 27.6 Å². The van der Waals surface area contributed by atoms with E-state index in [0.29, 0.717) is 85.0 Å². The molecule has 22 heteroatoms. The maximum absolute atomic E-state index is 16.2. The molecule has 7 aliphatic rings. The molecule has 8 atom stereocenters. The SMILES string of the molecule is CC1(C)OC2C(O1)[C@@H](CO)O[C@H]2n1cnc2c(N3CC4(Cc5cc(OC6C(O)[C@@H](CO)O[C@H]6n6cnc7c(N8CC9(Cc%10cccc(F)c%10C9)C8)nc(Cl)nc76)cc(F)c5C4)C3)nc(Cl)nc21. The summed E-state index contributed by atoms with van der Waals surface area (Å²) in [4.78, 5) is 31.6. The van der Waals surface area contributed by atoms with Crippen LogP contribution in [-0.4, -0.2) is 136 Å². The zero-order valence-electron chi connectivity index (χ0n) is 36.1. The number of ether oxygens (including phenoxy) is 5. The van der Waals surface area contributed by atoms with Crippen molar-refractivity contribution in [1.82, 2.24) is 39.0 Å². The summed E-state index contributed by atoms with van der Waals surface area (Å²) in [6.07, 6.45) is -1.28. The maximum atomic E-state index is 16.2. The average Bonchev–Trinajstić information content (AvgIpc) is 4.13. The van der Waals surface area contributed by atoms with Crippen LogP contribution in [0.15, 0.2) is 43.0 Å². The first kappa shape index (κ1) is 42.2. The number of benzene rings is 2. The maximum Gasteiger partial charge on any atom is 0.226 e. The van der Waals surface area contributed by atoms with Crippen LogP contribution < -0.4 is 14.5 Å². The first-order valence-electron chi connectivity index (χ1n) is 22.3. The average molecular weight is 962 g/mol. The Kier molecular flexibility index (Phi) is 9.33. The molecule has 67 heavy (non-hydrogen) atoms. The van der Waals surface area contributed by atoms with Crippen molar-refractivity contribution in [2.75, 3.05) is 49.2 Å². The highest BCUT2D eigenvalue weighted by Gasteiger charge is 2.57. The number of aromatic nitrogens is 8. The molecule has 4 aromatic heterocycles. The van der Waals surface area contributed by atoms with Gasteiger partial charge in [-0.15, -0.1) is 0 Å². The molecule has 0 bridgehead atoms. The van der Waals surface area contributed by atoms with Gasteiger partial charge in [-0.3, -0.25) is 9.13 Å². The molecule has 0 radical (unpaired) electrons. The second kappa shape index (κ2) is 14.8. The molecule has 9 heterocycles. The monoisotopic (exact) mass is 960 g/mol. The minimum Gasteiger partial charge on any atom is -0.483 e. The highest BCUT2D eigenvalue weighted by Crippen LogP contribution is 2.50. The second-order valence-electron chi connectivity index (χ2n) is 19.8. The van der Waals surface area contributed by atoms with Crippen molar-refractivity contribution in [3.8, 4) is 5.75 Å². The minimum absolute atomic E-state index is 0.0169. The highest BCUT2D eigenvalue weighted by molar-refractivity contribution is 6.29. The van der Waals surface area contributed by atoms with E-state index in [1.165, 1.54) is 18.5 Å². The van der Waals surface area contributed by atoms with Gasteiger partial charge in [0.05, 0.1) is 25.9 Å². The van der Waals surface area contributed by atoms with Gasteiger partial charge in [0, 0.05) is 43.1 Å². The summed E-state index contributed by atoms with van der Waals surface area (Å²) in [5.74, 6) is -0.246. The van der Waals surface area contributed by atoms with E-state index in [-0.39, 0.29) is 39.6 Å². The van der Waals surface area contributed by atoms with E-state index in [9.17, 15) is 19.7 Å². The standard InChI is InChI=1S/C45H44Cl2F2N10O8/c1-43(2)66-32-28(13-61)65-40(34(32)67-43)59-19-51-30-36(53-42(47)55-38(30)59)57-16-45(17-57)9-21-6-22(7-26(49)24(21)11-45)63-33-31(62)27(12-60)64-39(33)58-18-50-29-35(52-41(46)54-37(29)58)56-14-44(15-56)8-20-4-3-5-25(48)23(20)10-44/h3-7,18-19,27-28,31-34,39-40,60-62H,8-17H2,1-2H3/t27-,28-,31?,32?,33?,34?,39-,40-/m1/s1. The Morgan fingerprint density at radius 2 is 1.28 bits per heavy atom. The third kappa shape index (κ3) is 6.51. The number of hydrogen-bond donors (Lipinski definition) is 3. The molecular formula is C45H44Cl2F2N10O8. The molecule has 2 spiro atoms. The third-order valence-electron chi connectivity index (χ3n) is 14.8. The lowest BCUT2D eigenvalue weighted by Crippen LogP contribution is -2.57. The van der Waals surface area contributed by atoms with Gasteiger partial charge in [0.25, 0.3) is 0 Å². The van der Waals surface area contributed by atoms with Crippen LogP contribution in [0.1, 0.15) is 48.6 Å². The zero-order valence-corrected chi connectivity index (χ0v) is 37.6. The number of fused-ring (bicyclic) bond motifs is 5. The Balaban J connectivity index is 0.731. The van der Waals surface area contributed by atoms with Gasteiger partial charge in [0.1, 0.15) is 47.9 Å². The Labute approximate surface area is 390 Å². The summed E-state index contributed by atoms with van der Waals surface area (Å²) < 4.78 is 65.2. The molecule has 2 aliphatic carbocycles. The van der Waals surface area contributed by atoms with Gasteiger partial charge in [-0.25, -0.2) is 18.7 Å². The number of hydrogen-bond acceptors (Lipinski definition) is 16. The fraction of sp³-hybridized carbons (Fsp3) is 0.511. The molecule has 0 saturated carbocycles. The Morgan fingerprint density at radius 1 is 0.716 bits per heavy atom. The molecule has 3 N–H and O–H groups in total. The molecule has 2 aromatic carbocycles. The van der Waals surface area contributed by atoms with Crippen molar-refractivity contribution in [2.24, 2.45) is 10.8 Å². The molecule has 13 rings (SSSR count). The number of rotatable bonds is 8. The molecule has 350 valence electrons. The van der Waals surface area contributed by atoms with Gasteiger partial charge >= 0.3 is 0 Å². The van der Waals surface area contributed by atoms with E-state index in [2.05, 4.69) is 39.7 Å². The molecule has 6 aromatic rings. The number of aliphatic hydroxyl groups excluding tert-OH is 3. The van der Waals surface area contributed by atoms with E-state index >= 15 is 4.39 Å². The van der Waals surface area contributed by atoms with E-state index < -0.39 is 67.3 Å². The lowest BCUT2D eigenvalue weighted by atomic mass is 9.77. The van der Waals surface area contributed by atoms with Crippen LogP contribution >= 0.6 is 23.2 Å². The molecule has 18 nitrogen and oxygen atoms in total. The topological polar surface area (TPSA) is 201 Å². The van der Waals surface area contributed by atoms with Crippen molar-refractivity contribution in [1.29, 1.82) is 0 Å². The fourth-order valence-corrected chi connectivity index (χ4v) is 12.3. The predicted octanol–water partition coefficient (Wildman–Crippen LogP) is 3.87. The van der Waals surface area contributed by atoms with E-state index in [0.717, 1.165) is 23.1 Å². The smallest absolute Gasteiger partial charge is 0.226 e. The van der Waals surface area contributed by atoms with Crippen LogP contribution in [0, 0.1) is 22.5 Å². The number of anilines is 2. The molecule has 4 unspecified atom stereocenters. The van der Waals surface area contributed by atoms with Crippen molar-refractivity contribution in [3.05, 3.63) is 87.4 Å². The lowest BCUT2D eigenvalue weighted by molar-refractivity contribution is -0.199. The van der Waals surface area contributed by atoms with Crippen LogP contribution in [0.3, 0.4) is 0 Å². The molecule has 0 amide bonds. The van der Waals surface area contributed by atoms with Crippen molar-refractivity contribution in [2.45, 2.75) is 94.4 Å². The summed E-state index contributed by atoms with van der Waals surface area (Å²) in [5.41, 5.74) is 4.42. The first-order chi connectivity index (χ1) is 32.2. The van der Waals surface area contributed by atoms with Crippen LogP contribution in [0.5, 0.6) is 5.75 Å². The summed E-state index contributed by atoms with van der Waals surface area (Å²) >= 11 is 13.1. The van der Waals surface area contributed by atoms with E-state index in [1.807, 2.05) is 19.9 Å². The van der Waals surface area contributed by atoms with Gasteiger partial charge in [0.15, 0.2) is 58.3 Å². The second-order valence-corrected chi connectivity index (χ2v) is 20.4. The molecular weight excluding hydrogens is 917 g/mol. The summed E-state index contributed by atoms with van der Waals surface area (Å²) in [5, 5.41) is 31.8. The summed E-state index contributed by atoms with van der Waals surface area (Å²) in [7, 11) is 0. The lowest BCUT2D eigenvalue weighted by Gasteiger charge is -2.49. The van der Waals surface area contributed by atoms with Crippen molar-refractivity contribution >= 4 is 57.2 Å². The van der Waals surface area contributed by atoms with Crippen LogP contribution in [-0.2, 0) is 44.6 Å². The quantitative estimate of drug-likeness (QED) is 0.186. The van der Waals surface area contributed by atoms with Gasteiger partial charge in [-0.05, 0) is 97.1 Å². The van der Waals surface area contributed by atoms with Crippen molar-refractivity contribution in [3.63, 3.8) is 0 Å². The van der Waals surface area contributed by atoms with E-state index in [4.69, 9.17) is 46.9 Å². The van der Waals surface area contributed by atoms with Gasteiger partial charge < -0.3 is 48.8 Å². The normalized spacial score (nSPS) is 29.6. The largest absolute Gasteiger partial charge is 0.483 e. The predicted molar refractivity (Wildman–Crippen MR) is 234 cm³/mol. The molecule has 5 saturated heterocycles. The Bertz CT molecular complexity index is 3020. The molecule has 5 aliphatic heterocycles. The van der Waals surface area contributed by atoms with Gasteiger partial charge in [-0.1, -0.05) is 12.1 Å². The van der Waals surface area contributed by atoms with Crippen molar-refractivity contribution < 1.29 is 47.8 Å². The minimum atomic E-state index is -1.31. The number of imidazole rings is 2. The van der Waals surface area contributed by atoms with Crippen LogP contribution in [0.25, 0.3) is 22.3 Å². The van der Waals surface area contributed by atoms with Crippen LogP contribution in [0.2, 0.25) is 10.6 Å². The number of nitrogens with zero attached hydrogens (tertiary/aromatic N) is 10. The summed E-state index contributed by atoms with van der Waals surface area (Å²) in [6.45, 7) is 5.19. The summed E-state index contributed by atoms with van der Waals surface area (Å²) in [6, 6.07) is 8.35. The zero-order chi connectivity index (χ0) is 45.9. The third-order valence-corrected chi connectivity index (χ3v) is 15.1. The molecule has 5 fully saturated rings. The van der Waals surface area contributed by atoms with Gasteiger partial charge in [-0.2, -0.15) is 19.9 Å². The fourth-order valence-electron chi connectivity index (χ4n) is 12.0. The number of halogens is 4. The number of aliphatic hydroxyl groups is 3. The highest BCUT2D eigenvalue weighted by atomic mass is 35.5.